The van der Waals surface area contributed by atoms with Gasteiger partial charge in [0.25, 0.3) is 0 Å². The second-order valence-electron chi connectivity index (χ2n) is 9.09. The van der Waals surface area contributed by atoms with Gasteiger partial charge < -0.3 is 20.3 Å². The molecule has 180 valence electrons. The van der Waals surface area contributed by atoms with Crippen LogP contribution in [0, 0.1) is 23.6 Å². The van der Waals surface area contributed by atoms with Gasteiger partial charge in [-0.3, -0.25) is 10.1 Å². The summed E-state index contributed by atoms with van der Waals surface area (Å²) in [6, 6.07) is 6.99. The molecule has 1 aromatic carbocycles. The number of carbonyl (C=O) groups is 2. The molecule has 1 heterocycles. The largest absolute Gasteiger partial charge is 0.454 e. The van der Waals surface area contributed by atoms with E-state index < -0.39 is 5.82 Å². The molecule has 34 heavy (non-hydrogen) atoms. The molecule has 2 aliphatic rings. The standard InChI is InChI=1S/C24H28FN5O3S/c1-30(2)24(32)28-21-13-18(7-8-26-21)33-20-6-5-17(12-19(20)25)27-23(34)29-22(31)11-16-10-14-3-4-15(16)9-14/h5-8,12-16H,3-4,9-11H2,1-2H3,(H,26,28,32)(H2,27,29,31,34). The number of rotatable bonds is 6. The maximum Gasteiger partial charge on any atom is 0.322 e. The van der Waals surface area contributed by atoms with Crippen molar-refractivity contribution in [3.63, 3.8) is 0 Å². The number of aromatic nitrogens is 1. The van der Waals surface area contributed by atoms with E-state index in [-0.39, 0.29) is 28.6 Å². The zero-order valence-corrected chi connectivity index (χ0v) is 20.0. The quantitative estimate of drug-likeness (QED) is 0.512. The lowest BCUT2D eigenvalue weighted by Crippen LogP contribution is -2.35. The first-order chi connectivity index (χ1) is 16.3. The van der Waals surface area contributed by atoms with E-state index in [0.29, 0.717) is 29.7 Å². The number of nitrogens with one attached hydrogen (secondary N) is 3. The van der Waals surface area contributed by atoms with E-state index in [1.54, 1.807) is 26.2 Å². The number of benzene rings is 1. The Morgan fingerprint density at radius 1 is 1.18 bits per heavy atom. The van der Waals surface area contributed by atoms with Crippen LogP contribution in [-0.2, 0) is 4.79 Å². The highest BCUT2D eigenvalue weighted by Crippen LogP contribution is 2.49. The fourth-order valence-electron chi connectivity index (χ4n) is 4.76. The van der Waals surface area contributed by atoms with Crippen molar-refractivity contribution in [2.45, 2.75) is 32.1 Å². The minimum absolute atomic E-state index is 0.00660. The molecule has 3 amide bonds. The van der Waals surface area contributed by atoms with Gasteiger partial charge in [-0.05, 0) is 67.4 Å². The lowest BCUT2D eigenvalue weighted by atomic mass is 9.86. The summed E-state index contributed by atoms with van der Waals surface area (Å²) in [7, 11) is 3.22. The zero-order chi connectivity index (χ0) is 24.2. The van der Waals surface area contributed by atoms with Crippen molar-refractivity contribution in [3.05, 3.63) is 42.3 Å². The zero-order valence-electron chi connectivity index (χ0n) is 19.1. The van der Waals surface area contributed by atoms with E-state index in [1.807, 2.05) is 0 Å². The van der Waals surface area contributed by atoms with Crippen LogP contribution in [-0.4, -0.2) is 41.0 Å². The molecule has 4 rings (SSSR count). The van der Waals surface area contributed by atoms with Crippen LogP contribution in [0.2, 0.25) is 0 Å². The van der Waals surface area contributed by atoms with Crippen molar-refractivity contribution in [1.29, 1.82) is 0 Å². The fraction of sp³-hybridized carbons (Fsp3) is 0.417. The minimum Gasteiger partial charge on any atom is -0.454 e. The molecule has 1 aromatic heterocycles. The summed E-state index contributed by atoms with van der Waals surface area (Å²) in [4.78, 5) is 29.6. The topological polar surface area (TPSA) is 95.6 Å². The molecule has 0 saturated heterocycles. The monoisotopic (exact) mass is 485 g/mol. The molecule has 3 N–H and O–H groups in total. The highest BCUT2D eigenvalue weighted by Gasteiger charge is 2.40. The van der Waals surface area contributed by atoms with E-state index in [9.17, 15) is 14.0 Å². The van der Waals surface area contributed by atoms with Crippen molar-refractivity contribution in [3.8, 4) is 11.5 Å². The number of thiocarbonyl (C=S) groups is 1. The van der Waals surface area contributed by atoms with Gasteiger partial charge in [0.2, 0.25) is 5.91 Å². The Balaban J connectivity index is 1.30. The molecular formula is C24H28FN5O3S. The molecule has 2 aliphatic carbocycles. The Morgan fingerprint density at radius 2 is 2.00 bits per heavy atom. The summed E-state index contributed by atoms with van der Waals surface area (Å²) in [5.74, 6) is 1.76. The van der Waals surface area contributed by atoms with Crippen molar-refractivity contribution in [1.82, 2.24) is 15.2 Å². The number of urea groups is 1. The average molecular weight is 486 g/mol. The van der Waals surface area contributed by atoms with Gasteiger partial charge in [-0.25, -0.2) is 14.2 Å². The van der Waals surface area contributed by atoms with Gasteiger partial charge in [0.05, 0.1) is 0 Å². The number of pyridine rings is 1. The SMILES string of the molecule is CN(C)C(=O)Nc1cc(Oc2ccc(NC(=S)NC(=O)CC3CC4CCC3C4)cc2F)ccn1. The molecule has 2 fully saturated rings. The first-order valence-electron chi connectivity index (χ1n) is 11.3. The molecule has 8 nitrogen and oxygen atoms in total. The third kappa shape index (κ3) is 5.99. The summed E-state index contributed by atoms with van der Waals surface area (Å²) in [5.41, 5.74) is 0.392. The molecule has 0 aliphatic heterocycles. The van der Waals surface area contributed by atoms with Crippen LogP contribution in [0.4, 0.5) is 20.7 Å². The number of carbonyl (C=O) groups excluding carboxylic acids is 2. The van der Waals surface area contributed by atoms with Gasteiger partial charge in [0.15, 0.2) is 16.7 Å². The number of halogens is 1. The summed E-state index contributed by atoms with van der Waals surface area (Å²) in [6.45, 7) is 0. The van der Waals surface area contributed by atoms with Crippen molar-refractivity contribution < 1.29 is 18.7 Å². The molecule has 10 heteroatoms. The first kappa shape index (κ1) is 23.9. The number of amides is 3. The molecule has 2 aromatic rings. The Bertz CT molecular complexity index is 1100. The highest BCUT2D eigenvalue weighted by molar-refractivity contribution is 7.80. The maximum absolute atomic E-state index is 14.6. The molecule has 2 bridgehead atoms. The van der Waals surface area contributed by atoms with Crippen LogP contribution < -0.4 is 20.7 Å². The van der Waals surface area contributed by atoms with Crippen LogP contribution in [0.3, 0.4) is 0 Å². The molecule has 3 atom stereocenters. The molecule has 0 radical (unpaired) electrons. The lowest BCUT2D eigenvalue weighted by molar-refractivity contribution is -0.120. The third-order valence-corrected chi connectivity index (χ3v) is 6.58. The summed E-state index contributed by atoms with van der Waals surface area (Å²) in [6.07, 6.45) is 6.83. The minimum atomic E-state index is -0.614. The normalized spacial score (nSPS) is 20.5. The lowest BCUT2D eigenvalue weighted by Gasteiger charge is -2.21. The average Bonchev–Trinajstić information content (AvgIpc) is 3.39. The Kier molecular flexibility index (Phi) is 7.26. The van der Waals surface area contributed by atoms with Crippen LogP contribution >= 0.6 is 12.2 Å². The number of nitrogens with zero attached hydrogens (tertiary/aromatic N) is 2. The van der Waals surface area contributed by atoms with Crippen LogP contribution in [0.25, 0.3) is 0 Å². The number of fused-ring (bicyclic) bond motifs is 2. The summed E-state index contributed by atoms with van der Waals surface area (Å²) in [5, 5.41) is 8.29. The van der Waals surface area contributed by atoms with Gasteiger partial charge in [-0.15, -0.1) is 0 Å². The Morgan fingerprint density at radius 3 is 2.68 bits per heavy atom. The summed E-state index contributed by atoms with van der Waals surface area (Å²) >= 11 is 5.23. The molecule has 0 spiro atoms. The third-order valence-electron chi connectivity index (χ3n) is 6.38. The number of hydrogen-bond donors (Lipinski definition) is 3. The predicted molar refractivity (Wildman–Crippen MR) is 131 cm³/mol. The number of hydrogen-bond acceptors (Lipinski definition) is 5. The van der Waals surface area contributed by atoms with Gasteiger partial charge >= 0.3 is 6.03 Å². The van der Waals surface area contributed by atoms with E-state index >= 15 is 0 Å². The number of anilines is 2. The van der Waals surface area contributed by atoms with Gasteiger partial charge in [-0.2, -0.15) is 0 Å². The van der Waals surface area contributed by atoms with Crippen LogP contribution in [0.5, 0.6) is 11.5 Å². The van der Waals surface area contributed by atoms with E-state index in [0.717, 1.165) is 12.3 Å². The molecular weight excluding hydrogens is 457 g/mol. The smallest absolute Gasteiger partial charge is 0.322 e. The number of ether oxygens (including phenoxy) is 1. The predicted octanol–water partition coefficient (Wildman–Crippen LogP) is 4.75. The maximum atomic E-state index is 14.6. The fourth-order valence-corrected chi connectivity index (χ4v) is 4.99. The van der Waals surface area contributed by atoms with Gasteiger partial charge in [0, 0.05) is 44.5 Å². The van der Waals surface area contributed by atoms with Crippen molar-refractivity contribution in [2.24, 2.45) is 17.8 Å². The second-order valence-corrected chi connectivity index (χ2v) is 9.50. The van der Waals surface area contributed by atoms with E-state index in [4.69, 9.17) is 17.0 Å². The van der Waals surface area contributed by atoms with Crippen molar-refractivity contribution >= 4 is 40.8 Å². The first-order valence-corrected chi connectivity index (χ1v) is 11.7. The van der Waals surface area contributed by atoms with Crippen LogP contribution in [0.15, 0.2) is 36.5 Å². The Hall–Kier alpha value is -3.27. The van der Waals surface area contributed by atoms with Gasteiger partial charge in [0.1, 0.15) is 11.6 Å². The van der Waals surface area contributed by atoms with E-state index in [2.05, 4.69) is 20.9 Å². The highest BCUT2D eigenvalue weighted by atomic mass is 32.1. The Labute approximate surface area is 203 Å². The van der Waals surface area contributed by atoms with E-state index in [1.165, 1.54) is 48.6 Å². The van der Waals surface area contributed by atoms with Gasteiger partial charge in [-0.1, -0.05) is 6.42 Å². The van der Waals surface area contributed by atoms with Crippen LogP contribution in [0.1, 0.15) is 32.1 Å². The van der Waals surface area contributed by atoms with Crippen molar-refractivity contribution in [2.75, 3.05) is 24.7 Å². The molecule has 2 saturated carbocycles. The second kappa shape index (κ2) is 10.3. The molecule has 3 unspecified atom stereocenters. The summed E-state index contributed by atoms with van der Waals surface area (Å²) < 4.78 is 20.2.